The number of phenolic OH excluding ortho intramolecular Hbond substituents is 1. The molecule has 1 aromatic heterocycles. The van der Waals surface area contributed by atoms with E-state index in [2.05, 4.69) is 10.3 Å². The van der Waals surface area contributed by atoms with E-state index in [0.717, 1.165) is 21.9 Å². The lowest BCUT2D eigenvalue weighted by Gasteiger charge is -2.20. The van der Waals surface area contributed by atoms with Crippen LogP contribution in [-0.2, 0) is 4.74 Å². The van der Waals surface area contributed by atoms with Gasteiger partial charge in [-0.3, -0.25) is 10.3 Å². The topological polar surface area (TPSA) is 71.5 Å². The fourth-order valence-corrected chi connectivity index (χ4v) is 2.56. The van der Waals surface area contributed by atoms with E-state index < -0.39 is 11.7 Å². The van der Waals surface area contributed by atoms with Crippen molar-refractivity contribution in [1.29, 1.82) is 0 Å². The van der Waals surface area contributed by atoms with Crippen molar-refractivity contribution in [2.24, 2.45) is 0 Å². The molecular weight excluding hydrogens is 316 g/mol. The van der Waals surface area contributed by atoms with Gasteiger partial charge < -0.3 is 9.84 Å². The summed E-state index contributed by atoms with van der Waals surface area (Å²) in [4.78, 5) is 16.3. The molecule has 5 nitrogen and oxygen atoms in total. The first kappa shape index (κ1) is 16.8. The van der Waals surface area contributed by atoms with E-state index in [1.54, 1.807) is 45.3 Å². The molecule has 0 radical (unpaired) electrons. The van der Waals surface area contributed by atoms with Crippen molar-refractivity contribution in [3.05, 3.63) is 54.9 Å². The molecule has 0 saturated heterocycles. The Kier molecular flexibility index (Phi) is 4.31. The zero-order chi connectivity index (χ0) is 18.0. The number of carbonyl (C=O) groups excluding carboxylic acids is 1. The highest BCUT2D eigenvalue weighted by molar-refractivity contribution is 6.04. The Bertz CT molecular complexity index is 915. The first-order valence-corrected chi connectivity index (χ1v) is 8.00. The largest absolute Gasteiger partial charge is 0.506 e. The van der Waals surface area contributed by atoms with Crippen LogP contribution in [0, 0.1) is 0 Å². The Balaban J connectivity index is 2.04. The van der Waals surface area contributed by atoms with Crippen molar-refractivity contribution >= 4 is 22.6 Å². The number of aromatic nitrogens is 1. The molecule has 1 heterocycles. The lowest BCUT2D eigenvalue weighted by molar-refractivity contribution is 0.0635. The monoisotopic (exact) mass is 336 g/mol. The maximum Gasteiger partial charge on any atom is 0.412 e. The first-order chi connectivity index (χ1) is 11.8. The van der Waals surface area contributed by atoms with Crippen molar-refractivity contribution in [3.63, 3.8) is 0 Å². The minimum Gasteiger partial charge on any atom is -0.506 e. The zero-order valence-corrected chi connectivity index (χ0v) is 14.4. The van der Waals surface area contributed by atoms with Crippen LogP contribution in [0.1, 0.15) is 20.8 Å². The average molecular weight is 336 g/mol. The molecule has 0 unspecified atom stereocenters. The number of rotatable bonds is 2. The smallest absolute Gasteiger partial charge is 0.412 e. The normalized spacial score (nSPS) is 11.3. The summed E-state index contributed by atoms with van der Waals surface area (Å²) in [6.07, 6.45) is 2.87. The van der Waals surface area contributed by atoms with Crippen molar-refractivity contribution in [3.8, 4) is 16.9 Å². The Labute approximate surface area is 146 Å². The number of carbonyl (C=O) groups is 1. The molecule has 0 aliphatic rings. The summed E-state index contributed by atoms with van der Waals surface area (Å²) in [6, 6.07) is 13.0. The number of phenols is 1. The number of amides is 1. The molecule has 0 aliphatic heterocycles. The Morgan fingerprint density at radius 1 is 1.12 bits per heavy atom. The Morgan fingerprint density at radius 3 is 2.56 bits per heavy atom. The molecule has 5 heteroatoms. The lowest BCUT2D eigenvalue weighted by Crippen LogP contribution is -2.27. The predicted molar refractivity (Wildman–Crippen MR) is 98.7 cm³/mol. The van der Waals surface area contributed by atoms with Crippen molar-refractivity contribution in [1.82, 2.24) is 4.98 Å². The summed E-state index contributed by atoms with van der Waals surface area (Å²) < 4.78 is 5.29. The number of ether oxygens (including phenoxy) is 1. The van der Waals surface area contributed by atoms with Crippen LogP contribution in [0.5, 0.6) is 5.75 Å². The van der Waals surface area contributed by atoms with E-state index in [1.807, 2.05) is 30.3 Å². The van der Waals surface area contributed by atoms with Crippen LogP contribution in [0.25, 0.3) is 21.9 Å². The minimum atomic E-state index is -0.620. The fourth-order valence-electron chi connectivity index (χ4n) is 2.56. The zero-order valence-electron chi connectivity index (χ0n) is 14.4. The van der Waals surface area contributed by atoms with Gasteiger partial charge in [-0.1, -0.05) is 24.3 Å². The number of aromatic hydroxyl groups is 1. The van der Waals surface area contributed by atoms with Crippen molar-refractivity contribution < 1.29 is 14.6 Å². The van der Waals surface area contributed by atoms with Gasteiger partial charge in [-0.05, 0) is 49.9 Å². The number of hydrogen-bond acceptors (Lipinski definition) is 4. The molecule has 3 aromatic rings. The molecule has 128 valence electrons. The van der Waals surface area contributed by atoms with Crippen molar-refractivity contribution in [2.75, 3.05) is 5.32 Å². The SMILES string of the molecule is CC(C)(C)OC(=O)Nc1c(O)ccc2ccc(-c3cccnc3)cc12. The van der Waals surface area contributed by atoms with Crippen LogP contribution in [0.4, 0.5) is 10.5 Å². The lowest BCUT2D eigenvalue weighted by atomic mass is 10.0. The fraction of sp³-hybridized carbons (Fsp3) is 0.200. The number of pyridine rings is 1. The first-order valence-electron chi connectivity index (χ1n) is 8.00. The van der Waals surface area contributed by atoms with Crippen LogP contribution < -0.4 is 5.32 Å². The second kappa shape index (κ2) is 6.43. The summed E-state index contributed by atoms with van der Waals surface area (Å²) >= 11 is 0. The van der Waals surface area contributed by atoms with Gasteiger partial charge in [-0.15, -0.1) is 0 Å². The molecule has 3 rings (SSSR count). The molecule has 0 aliphatic carbocycles. The summed E-state index contributed by atoms with van der Waals surface area (Å²) in [7, 11) is 0. The average Bonchev–Trinajstić information content (AvgIpc) is 2.56. The quantitative estimate of drug-likeness (QED) is 0.649. The van der Waals surface area contributed by atoms with E-state index in [0.29, 0.717) is 5.69 Å². The summed E-state index contributed by atoms with van der Waals surface area (Å²) in [5.74, 6) is -0.0123. The summed E-state index contributed by atoms with van der Waals surface area (Å²) in [6.45, 7) is 5.36. The van der Waals surface area contributed by atoms with Crippen LogP contribution in [0.3, 0.4) is 0 Å². The van der Waals surface area contributed by atoms with Gasteiger partial charge in [0.2, 0.25) is 0 Å². The van der Waals surface area contributed by atoms with Crippen LogP contribution >= 0.6 is 0 Å². The van der Waals surface area contributed by atoms with Gasteiger partial charge in [0, 0.05) is 23.3 Å². The highest BCUT2D eigenvalue weighted by atomic mass is 16.6. The van der Waals surface area contributed by atoms with Gasteiger partial charge in [0.25, 0.3) is 0 Å². The number of fused-ring (bicyclic) bond motifs is 1. The Hall–Kier alpha value is -3.08. The molecular formula is C20H20N2O3. The van der Waals surface area contributed by atoms with Gasteiger partial charge in [0.15, 0.2) is 0 Å². The van der Waals surface area contributed by atoms with Gasteiger partial charge in [-0.2, -0.15) is 0 Å². The molecule has 0 atom stereocenters. The molecule has 0 spiro atoms. The third kappa shape index (κ3) is 3.88. The van der Waals surface area contributed by atoms with E-state index in [9.17, 15) is 9.90 Å². The number of nitrogens with zero attached hydrogens (tertiary/aromatic N) is 1. The van der Waals surface area contributed by atoms with E-state index >= 15 is 0 Å². The van der Waals surface area contributed by atoms with Gasteiger partial charge in [0.05, 0.1) is 5.69 Å². The highest BCUT2D eigenvalue weighted by Gasteiger charge is 2.18. The maximum absolute atomic E-state index is 12.1. The maximum atomic E-state index is 12.1. The highest BCUT2D eigenvalue weighted by Crippen LogP contribution is 2.35. The predicted octanol–water partition coefficient (Wildman–Crippen LogP) is 4.95. The number of anilines is 1. The van der Waals surface area contributed by atoms with Gasteiger partial charge >= 0.3 is 6.09 Å². The Morgan fingerprint density at radius 2 is 1.88 bits per heavy atom. The van der Waals surface area contributed by atoms with Crippen LogP contribution in [0.2, 0.25) is 0 Å². The minimum absolute atomic E-state index is 0.0123. The molecule has 25 heavy (non-hydrogen) atoms. The van der Waals surface area contributed by atoms with Gasteiger partial charge in [0.1, 0.15) is 11.4 Å². The molecule has 0 fully saturated rings. The number of hydrogen-bond donors (Lipinski definition) is 2. The number of nitrogens with one attached hydrogen (secondary N) is 1. The molecule has 0 saturated carbocycles. The van der Waals surface area contributed by atoms with Gasteiger partial charge in [-0.25, -0.2) is 4.79 Å². The molecule has 0 bridgehead atoms. The van der Waals surface area contributed by atoms with Crippen LogP contribution in [0.15, 0.2) is 54.9 Å². The molecule has 2 aromatic carbocycles. The third-order valence-corrected chi connectivity index (χ3v) is 3.62. The molecule has 2 N–H and O–H groups in total. The van der Waals surface area contributed by atoms with E-state index in [4.69, 9.17) is 4.74 Å². The standard InChI is InChI=1S/C20H20N2O3/c1-20(2,3)25-19(24)22-18-16-11-14(15-5-4-10-21-12-15)7-6-13(16)8-9-17(18)23/h4-12,23H,1-3H3,(H,22,24). The van der Waals surface area contributed by atoms with E-state index in [-0.39, 0.29) is 5.75 Å². The second-order valence-corrected chi connectivity index (χ2v) is 6.76. The summed E-state index contributed by atoms with van der Waals surface area (Å²) in [5.41, 5.74) is 1.61. The van der Waals surface area contributed by atoms with Crippen molar-refractivity contribution in [2.45, 2.75) is 26.4 Å². The van der Waals surface area contributed by atoms with E-state index in [1.165, 1.54) is 0 Å². The molecule has 1 amide bonds. The van der Waals surface area contributed by atoms with Crippen LogP contribution in [-0.4, -0.2) is 21.8 Å². The third-order valence-electron chi connectivity index (χ3n) is 3.62. The summed E-state index contributed by atoms with van der Waals surface area (Å²) in [5, 5.41) is 14.5. The number of benzene rings is 2. The second-order valence-electron chi connectivity index (χ2n) is 6.76.